The number of hydrogen-bond acceptors (Lipinski definition) is 3. The topological polar surface area (TPSA) is 63.6 Å². The molecule has 0 atom stereocenters. The fourth-order valence-electron chi connectivity index (χ4n) is 0.531. The summed E-state index contributed by atoms with van der Waals surface area (Å²) in [6, 6.07) is 0. The van der Waals surface area contributed by atoms with Gasteiger partial charge in [0.15, 0.2) is 0 Å². The summed E-state index contributed by atoms with van der Waals surface area (Å²) in [6.07, 6.45) is -0.379. The molecule has 0 saturated carbocycles. The average molecular weight is 160 g/mol. The summed E-state index contributed by atoms with van der Waals surface area (Å²) >= 11 is 0. The van der Waals surface area contributed by atoms with Crippen LogP contribution in [0.1, 0.15) is 26.7 Å². The Bertz CT molecular complexity index is 151. The predicted molar refractivity (Wildman–Crippen MR) is 38.1 cm³/mol. The normalized spacial score (nSPS) is 9.73. The molecule has 0 aromatic heterocycles. The van der Waals surface area contributed by atoms with E-state index in [1.807, 2.05) is 0 Å². The first-order chi connectivity index (χ1) is 5.02. The van der Waals surface area contributed by atoms with Crippen molar-refractivity contribution in [3.63, 3.8) is 0 Å². The second-order valence-corrected chi connectivity index (χ2v) is 2.43. The number of rotatable bonds is 4. The predicted octanol–water partition coefficient (Wildman–Crippen LogP) is 0.803. The van der Waals surface area contributed by atoms with Crippen molar-refractivity contribution in [1.29, 1.82) is 0 Å². The van der Waals surface area contributed by atoms with Gasteiger partial charge in [0.05, 0.1) is 18.9 Å². The highest BCUT2D eigenvalue weighted by Gasteiger charge is 2.07. The largest absolute Gasteiger partial charge is 0.481 e. The van der Waals surface area contributed by atoms with Gasteiger partial charge in [0.1, 0.15) is 0 Å². The molecule has 0 aromatic rings. The van der Waals surface area contributed by atoms with Crippen LogP contribution in [0, 0.1) is 0 Å². The van der Waals surface area contributed by atoms with Crippen LogP contribution in [0.15, 0.2) is 0 Å². The smallest absolute Gasteiger partial charge is 0.306 e. The van der Waals surface area contributed by atoms with Crippen molar-refractivity contribution in [3.8, 4) is 0 Å². The van der Waals surface area contributed by atoms with Gasteiger partial charge in [-0.1, -0.05) is 0 Å². The van der Waals surface area contributed by atoms with Crippen LogP contribution in [-0.4, -0.2) is 23.1 Å². The molecule has 0 fully saturated rings. The maximum absolute atomic E-state index is 10.7. The molecule has 1 N–H and O–H groups in total. The lowest BCUT2D eigenvalue weighted by Crippen LogP contribution is -2.12. The van der Waals surface area contributed by atoms with Crippen LogP contribution in [0.2, 0.25) is 0 Å². The lowest BCUT2D eigenvalue weighted by molar-refractivity contribution is -0.150. The SMILES string of the molecule is CC(C)OC(=O)CCC(=O)O. The Balaban J connectivity index is 3.45. The van der Waals surface area contributed by atoms with Gasteiger partial charge in [-0.3, -0.25) is 9.59 Å². The van der Waals surface area contributed by atoms with E-state index in [9.17, 15) is 9.59 Å². The second-order valence-electron chi connectivity index (χ2n) is 2.43. The summed E-state index contributed by atoms with van der Waals surface area (Å²) in [4.78, 5) is 20.7. The molecule has 11 heavy (non-hydrogen) atoms. The van der Waals surface area contributed by atoms with Gasteiger partial charge in [-0.2, -0.15) is 0 Å². The highest BCUT2D eigenvalue weighted by atomic mass is 16.5. The van der Waals surface area contributed by atoms with E-state index in [0.717, 1.165) is 0 Å². The quantitative estimate of drug-likeness (QED) is 0.618. The number of carbonyl (C=O) groups is 2. The third-order valence-electron chi connectivity index (χ3n) is 0.910. The van der Waals surface area contributed by atoms with Gasteiger partial charge < -0.3 is 9.84 Å². The van der Waals surface area contributed by atoms with Crippen molar-refractivity contribution in [3.05, 3.63) is 0 Å². The molecule has 0 aliphatic rings. The molecule has 64 valence electrons. The molecule has 0 bridgehead atoms. The van der Waals surface area contributed by atoms with Crippen molar-refractivity contribution >= 4 is 11.9 Å². The minimum atomic E-state index is -0.981. The first-order valence-electron chi connectivity index (χ1n) is 3.43. The summed E-state index contributed by atoms with van der Waals surface area (Å²) in [5.41, 5.74) is 0. The molecule has 0 radical (unpaired) electrons. The van der Waals surface area contributed by atoms with Gasteiger partial charge in [-0.15, -0.1) is 0 Å². The zero-order valence-corrected chi connectivity index (χ0v) is 6.66. The standard InChI is InChI=1S/C7H12O4/c1-5(2)11-7(10)4-3-6(8)9/h5H,3-4H2,1-2H3,(H,8,9). The molecule has 4 heteroatoms. The molecule has 0 amide bonds. The van der Waals surface area contributed by atoms with Gasteiger partial charge in [0.2, 0.25) is 0 Å². The fraction of sp³-hybridized carbons (Fsp3) is 0.714. The van der Waals surface area contributed by atoms with Crippen LogP contribution in [0.3, 0.4) is 0 Å². The van der Waals surface area contributed by atoms with Crippen LogP contribution in [0.25, 0.3) is 0 Å². The molecule has 0 aliphatic heterocycles. The van der Waals surface area contributed by atoms with Crippen molar-refractivity contribution in [2.75, 3.05) is 0 Å². The maximum atomic E-state index is 10.7. The number of ether oxygens (including phenoxy) is 1. The lowest BCUT2D eigenvalue weighted by Gasteiger charge is -2.05. The van der Waals surface area contributed by atoms with E-state index in [0.29, 0.717) is 0 Å². The van der Waals surface area contributed by atoms with Gasteiger partial charge in [-0.05, 0) is 13.8 Å². The molecule has 4 nitrogen and oxygen atoms in total. The Labute approximate surface area is 65.2 Å². The Morgan fingerprint density at radius 3 is 2.27 bits per heavy atom. The van der Waals surface area contributed by atoms with E-state index < -0.39 is 11.9 Å². The van der Waals surface area contributed by atoms with Crippen LogP contribution in [0.5, 0.6) is 0 Å². The van der Waals surface area contributed by atoms with E-state index in [2.05, 4.69) is 0 Å². The number of aliphatic carboxylic acids is 1. The third-order valence-corrected chi connectivity index (χ3v) is 0.910. The first kappa shape index (κ1) is 9.94. The molecule has 0 heterocycles. The summed E-state index contributed by atoms with van der Waals surface area (Å²) in [7, 11) is 0. The number of carbonyl (C=O) groups excluding carboxylic acids is 1. The van der Waals surface area contributed by atoms with E-state index in [1.54, 1.807) is 13.8 Å². The van der Waals surface area contributed by atoms with Crippen molar-refractivity contribution < 1.29 is 19.4 Å². The van der Waals surface area contributed by atoms with Crippen LogP contribution in [0.4, 0.5) is 0 Å². The fourth-order valence-corrected chi connectivity index (χ4v) is 0.531. The molecule has 0 aliphatic carbocycles. The molecule has 0 aromatic carbocycles. The Hall–Kier alpha value is -1.06. The van der Waals surface area contributed by atoms with Crippen LogP contribution in [-0.2, 0) is 14.3 Å². The van der Waals surface area contributed by atoms with Crippen molar-refractivity contribution in [1.82, 2.24) is 0 Å². The summed E-state index contributed by atoms with van der Waals surface area (Å²) in [5.74, 6) is -1.44. The summed E-state index contributed by atoms with van der Waals surface area (Å²) in [6.45, 7) is 3.44. The zero-order valence-electron chi connectivity index (χ0n) is 6.66. The minimum Gasteiger partial charge on any atom is -0.481 e. The molecular weight excluding hydrogens is 148 g/mol. The van der Waals surface area contributed by atoms with E-state index in [1.165, 1.54) is 0 Å². The van der Waals surface area contributed by atoms with Crippen LogP contribution >= 0.6 is 0 Å². The molecule has 0 spiro atoms. The maximum Gasteiger partial charge on any atom is 0.306 e. The third kappa shape index (κ3) is 6.83. The Morgan fingerprint density at radius 2 is 1.91 bits per heavy atom. The van der Waals surface area contributed by atoms with Crippen molar-refractivity contribution in [2.45, 2.75) is 32.8 Å². The molecular formula is C7H12O4. The number of carboxylic acids is 1. The monoisotopic (exact) mass is 160 g/mol. The zero-order chi connectivity index (χ0) is 8.85. The highest BCUT2D eigenvalue weighted by molar-refractivity contribution is 5.76. The Kier molecular flexibility index (Phi) is 4.26. The highest BCUT2D eigenvalue weighted by Crippen LogP contribution is 1.96. The van der Waals surface area contributed by atoms with Crippen molar-refractivity contribution in [2.24, 2.45) is 0 Å². The number of carboxylic acid groups (broad SMARTS) is 1. The number of esters is 1. The average Bonchev–Trinajstić information content (AvgIpc) is 1.82. The van der Waals surface area contributed by atoms with Gasteiger partial charge in [-0.25, -0.2) is 0 Å². The van der Waals surface area contributed by atoms with Gasteiger partial charge in [0, 0.05) is 0 Å². The van der Waals surface area contributed by atoms with Gasteiger partial charge in [0.25, 0.3) is 0 Å². The summed E-state index contributed by atoms with van der Waals surface area (Å²) in [5, 5.41) is 8.19. The first-order valence-corrected chi connectivity index (χ1v) is 3.43. The van der Waals surface area contributed by atoms with E-state index in [4.69, 9.17) is 9.84 Å². The van der Waals surface area contributed by atoms with E-state index in [-0.39, 0.29) is 18.9 Å². The second kappa shape index (κ2) is 4.71. The number of hydrogen-bond donors (Lipinski definition) is 1. The lowest BCUT2D eigenvalue weighted by atomic mass is 10.3. The molecule has 0 rings (SSSR count). The Morgan fingerprint density at radius 1 is 1.36 bits per heavy atom. The summed E-state index contributed by atoms with van der Waals surface area (Å²) < 4.78 is 4.70. The molecule has 0 unspecified atom stereocenters. The van der Waals surface area contributed by atoms with E-state index >= 15 is 0 Å². The molecule has 0 saturated heterocycles. The minimum absolute atomic E-state index is 0.0481. The van der Waals surface area contributed by atoms with Gasteiger partial charge >= 0.3 is 11.9 Å². The van der Waals surface area contributed by atoms with Crippen LogP contribution < -0.4 is 0 Å².